The van der Waals surface area contributed by atoms with Gasteiger partial charge in [0.25, 0.3) is 0 Å². The van der Waals surface area contributed by atoms with Crippen molar-refractivity contribution in [1.82, 2.24) is 14.8 Å². The Morgan fingerprint density at radius 2 is 1.53 bits per heavy atom. The van der Waals surface area contributed by atoms with Crippen molar-refractivity contribution in [2.24, 2.45) is 0 Å². The molecule has 4 amide bonds. The average Bonchev–Trinajstić information content (AvgIpc) is 3.78. The van der Waals surface area contributed by atoms with Gasteiger partial charge in [-0.3, -0.25) is 19.2 Å². The van der Waals surface area contributed by atoms with Crippen LogP contribution in [-0.2, 0) is 44.9 Å². The molecule has 1 aliphatic heterocycles. The van der Waals surface area contributed by atoms with Crippen LogP contribution in [0.2, 0.25) is 0 Å². The van der Waals surface area contributed by atoms with E-state index in [0.717, 1.165) is 64.5 Å². The first-order valence-corrected chi connectivity index (χ1v) is 17.9. The lowest BCUT2D eigenvalue weighted by atomic mass is 9.88. The molecule has 7 rings (SSSR count). The normalized spacial score (nSPS) is 14.8. The molecule has 1 aromatic heterocycles. The van der Waals surface area contributed by atoms with Crippen LogP contribution in [0.1, 0.15) is 48.4 Å². The second-order valence-corrected chi connectivity index (χ2v) is 13.5. The van der Waals surface area contributed by atoms with Crippen molar-refractivity contribution in [2.45, 2.75) is 57.9 Å². The predicted molar refractivity (Wildman–Crippen MR) is 200 cm³/mol. The van der Waals surface area contributed by atoms with Gasteiger partial charge in [0.2, 0.25) is 23.6 Å². The number of fused-ring (bicyclic) bond motifs is 5. The Kier molecular flexibility index (Phi) is 9.97. The summed E-state index contributed by atoms with van der Waals surface area (Å²) in [6.07, 6.45) is 4.38. The van der Waals surface area contributed by atoms with Gasteiger partial charge in [-0.1, -0.05) is 73.7 Å². The molecule has 9 nitrogen and oxygen atoms in total. The molecule has 0 radical (unpaired) electrons. The van der Waals surface area contributed by atoms with E-state index in [0.29, 0.717) is 30.9 Å². The van der Waals surface area contributed by atoms with Crippen LogP contribution >= 0.6 is 0 Å². The van der Waals surface area contributed by atoms with E-state index in [4.69, 9.17) is 0 Å². The molecule has 0 unspecified atom stereocenters. The van der Waals surface area contributed by atoms with E-state index in [1.54, 1.807) is 9.80 Å². The van der Waals surface area contributed by atoms with E-state index in [-0.39, 0.29) is 43.0 Å². The number of hydrogen-bond donors (Lipinski definition) is 3. The van der Waals surface area contributed by atoms with Gasteiger partial charge in [0.15, 0.2) is 0 Å². The van der Waals surface area contributed by atoms with Gasteiger partial charge in [-0.05, 0) is 84.7 Å². The first-order chi connectivity index (χ1) is 24.9. The first-order valence-electron chi connectivity index (χ1n) is 17.9. The molecule has 260 valence electrons. The number of benzene rings is 4. The lowest BCUT2D eigenvalue weighted by Gasteiger charge is -2.24. The summed E-state index contributed by atoms with van der Waals surface area (Å²) in [5.41, 5.74) is 8.73. The van der Waals surface area contributed by atoms with Crippen LogP contribution in [0.25, 0.3) is 22.2 Å². The highest BCUT2D eigenvalue weighted by Crippen LogP contribution is 2.39. The molecule has 0 spiro atoms. The van der Waals surface area contributed by atoms with Gasteiger partial charge >= 0.3 is 0 Å². The van der Waals surface area contributed by atoms with Crippen LogP contribution in [0.3, 0.4) is 0 Å². The first kappa shape index (κ1) is 33.8. The third-order valence-corrected chi connectivity index (χ3v) is 9.93. The van der Waals surface area contributed by atoms with Crippen molar-refractivity contribution in [3.05, 3.63) is 119 Å². The molecule has 1 atom stereocenters. The van der Waals surface area contributed by atoms with Crippen LogP contribution in [0.4, 0.5) is 11.4 Å². The van der Waals surface area contributed by atoms with Crippen LogP contribution in [0, 0.1) is 0 Å². The predicted octanol–water partition coefficient (Wildman–Crippen LogP) is 6.53. The molecule has 5 aromatic rings. The van der Waals surface area contributed by atoms with Crippen molar-refractivity contribution < 1.29 is 19.2 Å². The summed E-state index contributed by atoms with van der Waals surface area (Å²) in [5, 5.41) is 7.17. The lowest BCUT2D eigenvalue weighted by Crippen LogP contribution is -2.43. The van der Waals surface area contributed by atoms with Gasteiger partial charge in [0.05, 0.1) is 19.4 Å². The van der Waals surface area contributed by atoms with Crippen LogP contribution in [-0.4, -0.2) is 64.1 Å². The number of nitrogens with zero attached hydrogens (tertiary/aromatic N) is 2. The quantitative estimate of drug-likeness (QED) is 0.147. The Morgan fingerprint density at radius 3 is 2.27 bits per heavy atom. The number of carbonyl (C=O) groups is 4. The van der Waals surface area contributed by atoms with E-state index in [1.807, 2.05) is 104 Å². The highest BCUT2D eigenvalue weighted by Gasteiger charge is 2.34. The highest BCUT2D eigenvalue weighted by atomic mass is 16.2. The zero-order valence-electron chi connectivity index (χ0n) is 28.9. The minimum atomic E-state index is -0.483. The molecule has 51 heavy (non-hydrogen) atoms. The Morgan fingerprint density at radius 1 is 0.824 bits per heavy atom. The smallest absolute Gasteiger partial charge is 0.247 e. The number of H-pyrrole nitrogens is 1. The molecule has 3 N–H and O–H groups in total. The van der Waals surface area contributed by atoms with Gasteiger partial charge in [-0.25, -0.2) is 0 Å². The van der Waals surface area contributed by atoms with Crippen LogP contribution in [0.15, 0.2) is 97.1 Å². The van der Waals surface area contributed by atoms with E-state index in [2.05, 4.69) is 15.6 Å². The van der Waals surface area contributed by atoms with Gasteiger partial charge in [-0.2, -0.15) is 0 Å². The molecule has 0 saturated carbocycles. The Balaban J connectivity index is 1.01. The van der Waals surface area contributed by atoms with E-state index in [1.165, 1.54) is 5.56 Å². The van der Waals surface area contributed by atoms with Crippen LogP contribution < -0.4 is 10.6 Å². The molecular weight excluding hydrogens is 638 g/mol. The third kappa shape index (κ3) is 7.57. The molecule has 0 bridgehead atoms. The molecule has 2 aliphatic rings. The SMILES string of the molecule is CCCN(CC(=O)Nc1ccc2c(c1)CCc1c-2[nH]c2ccc(NC(=O)[C@@H]3CCCN3C(=O)Cc3ccccc3)cc12)C(=O)Cc1ccccc1. The maximum atomic E-state index is 13.5. The van der Waals surface area contributed by atoms with Crippen molar-refractivity contribution in [3.63, 3.8) is 0 Å². The molecule has 4 aromatic carbocycles. The number of aromatic nitrogens is 1. The summed E-state index contributed by atoms with van der Waals surface area (Å²) < 4.78 is 0. The standard InChI is InChI=1S/C42H43N5O4/c1-2-21-46(39(49)23-28-10-5-3-6-11-28)27-38(48)43-31-16-19-33-30(25-31)15-18-34-35-26-32(17-20-36(35)45-41(33)34)44-42(51)37-14-9-22-47(37)40(50)24-29-12-7-4-8-13-29/h3-8,10-13,16-17,19-20,25-26,37,45H,2,9,14-15,18,21-24,27H2,1H3,(H,43,48)(H,44,51)/t37-/m0/s1. The second kappa shape index (κ2) is 15.0. The van der Waals surface area contributed by atoms with Crippen LogP contribution in [0.5, 0.6) is 0 Å². The maximum Gasteiger partial charge on any atom is 0.247 e. The number of rotatable bonds is 11. The Hall–Kier alpha value is -5.70. The average molecular weight is 682 g/mol. The summed E-state index contributed by atoms with van der Waals surface area (Å²) in [4.78, 5) is 59.6. The summed E-state index contributed by atoms with van der Waals surface area (Å²) in [6.45, 7) is 3.11. The van der Waals surface area contributed by atoms with Gasteiger partial charge in [0, 0.05) is 46.6 Å². The number of amides is 4. The fourth-order valence-corrected chi connectivity index (χ4v) is 7.45. The van der Waals surface area contributed by atoms with E-state index in [9.17, 15) is 19.2 Å². The molecule has 2 heterocycles. The fourth-order valence-electron chi connectivity index (χ4n) is 7.45. The zero-order valence-corrected chi connectivity index (χ0v) is 28.9. The van der Waals surface area contributed by atoms with Gasteiger partial charge in [-0.15, -0.1) is 0 Å². The zero-order chi connectivity index (χ0) is 35.3. The minimum Gasteiger partial charge on any atom is -0.354 e. The van der Waals surface area contributed by atoms with E-state index < -0.39 is 6.04 Å². The number of aryl methyl sites for hydroxylation is 2. The number of anilines is 2. The molecular formula is C42H43N5O4. The molecule has 1 saturated heterocycles. The monoisotopic (exact) mass is 681 g/mol. The van der Waals surface area contributed by atoms with Crippen molar-refractivity contribution in [1.29, 1.82) is 0 Å². The number of carbonyl (C=O) groups excluding carboxylic acids is 4. The number of likely N-dealkylation sites (tertiary alicyclic amines) is 1. The Labute approximate surface area is 298 Å². The van der Waals surface area contributed by atoms with Crippen molar-refractivity contribution >= 4 is 45.9 Å². The maximum absolute atomic E-state index is 13.5. The lowest BCUT2D eigenvalue weighted by molar-refractivity contribution is -0.136. The van der Waals surface area contributed by atoms with Gasteiger partial charge in [0.1, 0.15) is 6.04 Å². The highest BCUT2D eigenvalue weighted by molar-refractivity contribution is 6.01. The molecule has 9 heteroatoms. The van der Waals surface area contributed by atoms with Gasteiger partial charge < -0.3 is 25.4 Å². The molecule has 1 aliphatic carbocycles. The van der Waals surface area contributed by atoms with Crippen molar-refractivity contribution in [3.8, 4) is 11.3 Å². The topological polar surface area (TPSA) is 115 Å². The number of hydrogen-bond acceptors (Lipinski definition) is 4. The minimum absolute atomic E-state index is 0.00437. The summed E-state index contributed by atoms with van der Waals surface area (Å²) in [7, 11) is 0. The fraction of sp³-hybridized carbons (Fsp3) is 0.286. The second-order valence-electron chi connectivity index (χ2n) is 13.5. The summed E-state index contributed by atoms with van der Waals surface area (Å²) >= 11 is 0. The molecule has 1 fully saturated rings. The largest absolute Gasteiger partial charge is 0.354 e. The third-order valence-electron chi connectivity index (χ3n) is 9.93. The summed E-state index contributed by atoms with van der Waals surface area (Å²) in [6, 6.07) is 30.6. The summed E-state index contributed by atoms with van der Waals surface area (Å²) in [5.74, 6) is -0.464. The Bertz CT molecular complexity index is 2070. The number of aromatic amines is 1. The number of nitrogens with one attached hydrogen (secondary N) is 3. The van der Waals surface area contributed by atoms with Crippen molar-refractivity contribution in [2.75, 3.05) is 30.3 Å². The van der Waals surface area contributed by atoms with E-state index >= 15 is 0 Å².